The molecule has 0 bridgehead atoms. The standard InChI is InChI=1S/C21H24N2O3/c1-2-14-26-18-10-8-17(9-11-18)23-20(24)15-19(21(23)25)22-13-12-16-6-4-3-5-7-16/h3-11,19,22H,2,12-15H2,1H3/p+1/t19-/m1/s1. The molecule has 5 nitrogen and oxygen atoms in total. The minimum Gasteiger partial charge on any atom is -0.494 e. The first-order valence-electron chi connectivity index (χ1n) is 9.16. The Morgan fingerprint density at radius 3 is 2.50 bits per heavy atom. The molecule has 1 aliphatic heterocycles. The van der Waals surface area contributed by atoms with E-state index in [-0.39, 0.29) is 24.3 Å². The Hall–Kier alpha value is -2.66. The highest BCUT2D eigenvalue weighted by Gasteiger charge is 2.42. The topological polar surface area (TPSA) is 63.2 Å². The third-order valence-electron chi connectivity index (χ3n) is 4.48. The van der Waals surface area contributed by atoms with Gasteiger partial charge in [0.25, 0.3) is 5.91 Å². The van der Waals surface area contributed by atoms with Crippen LogP contribution >= 0.6 is 0 Å². The van der Waals surface area contributed by atoms with Crippen LogP contribution in [0.4, 0.5) is 5.69 Å². The maximum absolute atomic E-state index is 12.7. The van der Waals surface area contributed by atoms with Crippen LogP contribution in [-0.4, -0.2) is 31.0 Å². The molecule has 3 rings (SSSR count). The number of hydrogen-bond acceptors (Lipinski definition) is 3. The maximum Gasteiger partial charge on any atom is 0.292 e. The lowest BCUT2D eigenvalue weighted by atomic mass is 10.1. The van der Waals surface area contributed by atoms with E-state index < -0.39 is 0 Å². The van der Waals surface area contributed by atoms with Crippen LogP contribution < -0.4 is 15.0 Å². The number of hydrogen-bond donors (Lipinski definition) is 1. The molecule has 2 aromatic rings. The Morgan fingerprint density at radius 1 is 1.08 bits per heavy atom. The van der Waals surface area contributed by atoms with Crippen molar-refractivity contribution in [1.29, 1.82) is 0 Å². The summed E-state index contributed by atoms with van der Waals surface area (Å²) in [6.07, 6.45) is 2.06. The van der Waals surface area contributed by atoms with Crippen LogP contribution in [-0.2, 0) is 16.0 Å². The summed E-state index contributed by atoms with van der Waals surface area (Å²) in [6.45, 7) is 3.48. The van der Waals surface area contributed by atoms with Gasteiger partial charge in [-0.05, 0) is 36.2 Å². The van der Waals surface area contributed by atoms with Gasteiger partial charge in [0.2, 0.25) is 5.91 Å². The quantitative estimate of drug-likeness (QED) is 0.738. The lowest BCUT2D eigenvalue weighted by Gasteiger charge is -2.15. The molecule has 1 atom stereocenters. The molecule has 5 heteroatoms. The van der Waals surface area contributed by atoms with Crippen molar-refractivity contribution in [2.24, 2.45) is 0 Å². The molecule has 1 heterocycles. The zero-order valence-electron chi connectivity index (χ0n) is 15.1. The smallest absolute Gasteiger partial charge is 0.292 e. The molecule has 2 N–H and O–H groups in total. The molecule has 1 saturated heterocycles. The van der Waals surface area contributed by atoms with Gasteiger partial charge in [-0.3, -0.25) is 9.59 Å². The number of quaternary nitrogens is 1. The number of carbonyl (C=O) groups is 2. The van der Waals surface area contributed by atoms with E-state index in [0.717, 1.165) is 25.1 Å². The molecule has 0 radical (unpaired) electrons. The minimum atomic E-state index is -0.331. The summed E-state index contributed by atoms with van der Waals surface area (Å²) < 4.78 is 5.55. The predicted octanol–water partition coefficient (Wildman–Crippen LogP) is 1.91. The van der Waals surface area contributed by atoms with Crippen molar-refractivity contribution in [3.05, 3.63) is 60.2 Å². The summed E-state index contributed by atoms with van der Waals surface area (Å²) in [5.74, 6) is 0.476. The number of rotatable bonds is 8. The molecule has 2 aromatic carbocycles. The van der Waals surface area contributed by atoms with Crippen molar-refractivity contribution < 1.29 is 19.6 Å². The van der Waals surface area contributed by atoms with Crippen molar-refractivity contribution >= 4 is 17.5 Å². The molecule has 1 fully saturated rings. The Morgan fingerprint density at radius 2 is 1.81 bits per heavy atom. The zero-order chi connectivity index (χ0) is 18.4. The number of amides is 2. The number of nitrogens with two attached hydrogens (primary N) is 1. The van der Waals surface area contributed by atoms with Gasteiger partial charge in [-0.1, -0.05) is 37.3 Å². The molecular weight excluding hydrogens is 328 g/mol. The van der Waals surface area contributed by atoms with Crippen LogP contribution in [0.5, 0.6) is 5.75 Å². The second-order valence-corrected chi connectivity index (χ2v) is 6.48. The summed E-state index contributed by atoms with van der Waals surface area (Å²) in [5, 5.41) is 1.98. The summed E-state index contributed by atoms with van der Waals surface area (Å²) in [4.78, 5) is 26.3. The molecule has 0 unspecified atom stereocenters. The van der Waals surface area contributed by atoms with E-state index in [0.29, 0.717) is 12.3 Å². The number of carbonyl (C=O) groups excluding carboxylic acids is 2. The second kappa shape index (κ2) is 8.63. The van der Waals surface area contributed by atoms with Gasteiger partial charge in [0.15, 0.2) is 6.04 Å². The van der Waals surface area contributed by atoms with Crippen LogP contribution in [0.15, 0.2) is 54.6 Å². The van der Waals surface area contributed by atoms with Crippen molar-refractivity contribution in [3.8, 4) is 5.75 Å². The SMILES string of the molecule is CCCOc1ccc(N2C(=O)C[C@@H]([NH2+]CCc3ccccc3)C2=O)cc1. The highest BCUT2D eigenvalue weighted by Crippen LogP contribution is 2.24. The van der Waals surface area contributed by atoms with E-state index in [1.807, 2.05) is 30.4 Å². The highest BCUT2D eigenvalue weighted by atomic mass is 16.5. The average Bonchev–Trinajstić information content (AvgIpc) is 2.95. The third-order valence-corrected chi connectivity index (χ3v) is 4.48. The van der Waals surface area contributed by atoms with Crippen LogP contribution in [0.2, 0.25) is 0 Å². The van der Waals surface area contributed by atoms with Crippen molar-refractivity contribution in [2.75, 3.05) is 18.1 Å². The molecule has 26 heavy (non-hydrogen) atoms. The lowest BCUT2D eigenvalue weighted by molar-refractivity contribution is -0.674. The third kappa shape index (κ3) is 4.29. The van der Waals surface area contributed by atoms with E-state index in [4.69, 9.17) is 4.74 Å². The molecular formula is C21H25N2O3+. The molecule has 1 aliphatic rings. The summed E-state index contributed by atoms with van der Waals surface area (Å²) in [5.41, 5.74) is 1.85. The minimum absolute atomic E-state index is 0.134. The van der Waals surface area contributed by atoms with Gasteiger partial charge in [0, 0.05) is 6.42 Å². The first-order chi connectivity index (χ1) is 12.7. The van der Waals surface area contributed by atoms with Crippen molar-refractivity contribution in [1.82, 2.24) is 0 Å². The number of nitrogens with zero attached hydrogens (tertiary/aromatic N) is 1. The van der Waals surface area contributed by atoms with Gasteiger partial charge in [-0.25, -0.2) is 4.90 Å². The zero-order valence-corrected chi connectivity index (χ0v) is 15.1. The molecule has 0 spiro atoms. The second-order valence-electron chi connectivity index (χ2n) is 6.48. The molecule has 2 amide bonds. The Kier molecular flexibility index (Phi) is 6.02. The number of anilines is 1. The molecule has 0 saturated carbocycles. The fourth-order valence-electron chi connectivity index (χ4n) is 3.12. The van der Waals surface area contributed by atoms with Crippen molar-refractivity contribution in [3.63, 3.8) is 0 Å². The molecule has 0 aliphatic carbocycles. The van der Waals surface area contributed by atoms with Crippen molar-refractivity contribution in [2.45, 2.75) is 32.2 Å². The largest absolute Gasteiger partial charge is 0.494 e. The van der Waals surface area contributed by atoms with Gasteiger partial charge < -0.3 is 10.1 Å². The average molecular weight is 353 g/mol. The Bertz CT molecular complexity index is 744. The van der Waals surface area contributed by atoms with E-state index in [1.54, 1.807) is 24.3 Å². The Labute approximate surface area is 154 Å². The van der Waals surface area contributed by atoms with Crippen LogP contribution in [0.1, 0.15) is 25.3 Å². The predicted molar refractivity (Wildman–Crippen MR) is 100 cm³/mol. The first-order valence-corrected chi connectivity index (χ1v) is 9.16. The van der Waals surface area contributed by atoms with Gasteiger partial charge in [-0.2, -0.15) is 0 Å². The van der Waals surface area contributed by atoms with Gasteiger partial charge in [0.1, 0.15) is 5.75 Å². The monoisotopic (exact) mass is 353 g/mol. The Balaban J connectivity index is 1.58. The molecule has 136 valence electrons. The summed E-state index contributed by atoms with van der Waals surface area (Å²) in [7, 11) is 0. The van der Waals surface area contributed by atoms with Gasteiger partial charge in [0.05, 0.1) is 25.3 Å². The number of imide groups is 1. The van der Waals surface area contributed by atoms with E-state index in [9.17, 15) is 9.59 Å². The van der Waals surface area contributed by atoms with E-state index in [1.165, 1.54) is 10.5 Å². The fourth-order valence-corrected chi connectivity index (χ4v) is 3.12. The lowest BCUT2D eigenvalue weighted by Crippen LogP contribution is -2.92. The fraction of sp³-hybridized carbons (Fsp3) is 0.333. The van der Waals surface area contributed by atoms with Crippen LogP contribution in [0.25, 0.3) is 0 Å². The van der Waals surface area contributed by atoms with E-state index in [2.05, 4.69) is 12.1 Å². The number of ether oxygens (including phenoxy) is 1. The summed E-state index contributed by atoms with van der Waals surface area (Å²) in [6, 6.07) is 17.0. The van der Waals surface area contributed by atoms with Gasteiger partial charge in [-0.15, -0.1) is 0 Å². The van der Waals surface area contributed by atoms with Gasteiger partial charge >= 0.3 is 0 Å². The van der Waals surface area contributed by atoms with Crippen LogP contribution in [0, 0.1) is 0 Å². The maximum atomic E-state index is 12.7. The van der Waals surface area contributed by atoms with Crippen LogP contribution in [0.3, 0.4) is 0 Å². The van der Waals surface area contributed by atoms with E-state index >= 15 is 0 Å². The normalized spacial score (nSPS) is 17.0. The highest BCUT2D eigenvalue weighted by molar-refractivity contribution is 6.21. The molecule has 0 aromatic heterocycles. The number of benzene rings is 2. The summed E-state index contributed by atoms with van der Waals surface area (Å²) >= 11 is 0. The first kappa shape index (κ1) is 18.1.